The summed E-state index contributed by atoms with van der Waals surface area (Å²) in [5.41, 5.74) is 0. The van der Waals surface area contributed by atoms with E-state index in [2.05, 4.69) is 19.6 Å². The quantitative estimate of drug-likeness (QED) is 0.322. The Labute approximate surface area is 59.3 Å². The zero-order chi connectivity index (χ0) is 3.58. The molecule has 0 aliphatic carbocycles. The van der Waals surface area contributed by atoms with E-state index in [4.69, 9.17) is 0 Å². The molecule has 0 saturated heterocycles. The number of hydrogen-bond acceptors (Lipinski definition) is 0. The largest absolute Gasteiger partial charge is 1.00 e. The predicted molar refractivity (Wildman–Crippen MR) is 24.5 cm³/mol. The van der Waals surface area contributed by atoms with E-state index in [0.29, 0.717) is 0 Å². The molecule has 0 atom stereocenters. The van der Waals surface area contributed by atoms with Crippen LogP contribution in [-0.2, 0) is 0 Å². The first-order valence-corrected chi connectivity index (χ1v) is 4.50. The Morgan fingerprint density at radius 2 is 1.20 bits per heavy atom. The van der Waals surface area contributed by atoms with Crippen LogP contribution in [0.25, 0.3) is 0 Å². The van der Waals surface area contributed by atoms with Gasteiger partial charge in [0, 0.05) is 8.80 Å². The van der Waals surface area contributed by atoms with Crippen LogP contribution in [0.3, 0.4) is 0 Å². The molecule has 0 fully saturated rings. The maximum atomic E-state index is 2.27. The minimum atomic E-state index is 0. The van der Waals surface area contributed by atoms with Crippen LogP contribution >= 0.6 is 0 Å². The fraction of sp³-hybridized carbons (Fsp3) is 1.00. The van der Waals surface area contributed by atoms with Crippen LogP contribution in [0.2, 0.25) is 19.6 Å². The van der Waals surface area contributed by atoms with E-state index in [1.54, 1.807) is 0 Å². The zero-order valence-electron chi connectivity index (χ0n) is 5.50. The van der Waals surface area contributed by atoms with Gasteiger partial charge in [0.1, 0.15) is 0 Å². The average Bonchev–Trinajstić information content (AvgIpc) is 0.811. The molecule has 0 aliphatic heterocycles. The maximum absolute atomic E-state index is 2.27. The summed E-state index contributed by atoms with van der Waals surface area (Å²) >= 11 is 0. The third-order valence-corrected chi connectivity index (χ3v) is 0. The molecule has 0 unspecified atom stereocenters. The van der Waals surface area contributed by atoms with Crippen molar-refractivity contribution in [2.24, 2.45) is 0 Å². The molecular formula is C3H10NaSi. The summed E-state index contributed by atoms with van der Waals surface area (Å²) in [5.74, 6) is 0. The Morgan fingerprint density at radius 3 is 1.20 bits per heavy atom. The number of hydrogen-bond donors (Lipinski definition) is 0. The van der Waals surface area contributed by atoms with Crippen molar-refractivity contribution in [1.82, 2.24) is 0 Å². The molecule has 5 heavy (non-hydrogen) atoms. The van der Waals surface area contributed by atoms with Crippen LogP contribution in [0.1, 0.15) is 1.43 Å². The van der Waals surface area contributed by atoms with Crippen LogP contribution in [0.5, 0.6) is 0 Å². The Kier molecular flexibility index (Phi) is 9.93. The SMILES string of the molecule is C[Si](C)C.[H-].[Na+]. The molecule has 0 amide bonds. The standard InChI is InChI=1S/C3H9Si.Na.H/c1-4(2)3;;/h1-3H3;;/q;+1;-1. The Balaban J connectivity index is -0.0000000450. The average molecular weight is 97.2 g/mol. The summed E-state index contributed by atoms with van der Waals surface area (Å²) in [7, 11) is 0.120. The zero-order valence-corrected chi connectivity index (χ0v) is 7.50. The molecule has 0 spiro atoms. The second-order valence-corrected chi connectivity index (χ2v) is 4.50. The first-order chi connectivity index (χ1) is 1.73. The fourth-order valence-electron chi connectivity index (χ4n) is 0. The van der Waals surface area contributed by atoms with Crippen molar-refractivity contribution in [3.8, 4) is 0 Å². The molecule has 27 valence electrons. The predicted octanol–water partition coefficient (Wildman–Crippen LogP) is -1.51. The second-order valence-electron chi connectivity index (χ2n) is 1.50. The minimum absolute atomic E-state index is 0. The minimum Gasteiger partial charge on any atom is -1.00 e. The molecule has 2 heteroatoms. The third kappa shape index (κ3) is 36.5. The van der Waals surface area contributed by atoms with E-state index < -0.39 is 0 Å². The monoisotopic (exact) mass is 97.0 g/mol. The van der Waals surface area contributed by atoms with Gasteiger partial charge >= 0.3 is 29.6 Å². The number of rotatable bonds is 0. The van der Waals surface area contributed by atoms with E-state index in [0.717, 1.165) is 0 Å². The van der Waals surface area contributed by atoms with E-state index in [-0.39, 0.29) is 39.8 Å². The van der Waals surface area contributed by atoms with Gasteiger partial charge in [-0.05, 0) is 0 Å². The fourth-order valence-corrected chi connectivity index (χ4v) is 0. The van der Waals surface area contributed by atoms with Gasteiger partial charge in [-0.1, -0.05) is 19.6 Å². The molecule has 0 aliphatic rings. The molecule has 0 heterocycles. The van der Waals surface area contributed by atoms with Crippen molar-refractivity contribution in [2.45, 2.75) is 19.6 Å². The van der Waals surface area contributed by atoms with Crippen molar-refractivity contribution in [3.05, 3.63) is 0 Å². The third-order valence-electron chi connectivity index (χ3n) is 0. The van der Waals surface area contributed by atoms with Gasteiger partial charge in [-0.25, -0.2) is 0 Å². The van der Waals surface area contributed by atoms with Gasteiger partial charge in [0.2, 0.25) is 0 Å². The molecule has 0 N–H and O–H groups in total. The molecule has 0 aromatic heterocycles. The van der Waals surface area contributed by atoms with E-state index >= 15 is 0 Å². The summed E-state index contributed by atoms with van der Waals surface area (Å²) in [5, 5.41) is 0. The Bertz CT molecular complexity index is 15.5. The normalized spacial score (nSPS) is 7.20. The van der Waals surface area contributed by atoms with Gasteiger partial charge in [0.25, 0.3) is 0 Å². The summed E-state index contributed by atoms with van der Waals surface area (Å²) in [6, 6.07) is 0. The molecular weight excluding hydrogens is 87.1 g/mol. The van der Waals surface area contributed by atoms with Crippen LogP contribution in [0.4, 0.5) is 0 Å². The molecule has 0 rings (SSSR count). The van der Waals surface area contributed by atoms with E-state index in [1.807, 2.05) is 0 Å². The summed E-state index contributed by atoms with van der Waals surface area (Å²) < 4.78 is 0. The summed E-state index contributed by atoms with van der Waals surface area (Å²) in [6.45, 7) is 6.81. The van der Waals surface area contributed by atoms with Crippen molar-refractivity contribution in [3.63, 3.8) is 0 Å². The van der Waals surface area contributed by atoms with Crippen molar-refractivity contribution >= 4 is 8.80 Å². The first kappa shape index (κ1) is 9.52. The smallest absolute Gasteiger partial charge is 1.00 e. The van der Waals surface area contributed by atoms with Crippen LogP contribution < -0.4 is 29.6 Å². The molecule has 0 saturated carbocycles. The Morgan fingerprint density at radius 1 is 1.20 bits per heavy atom. The van der Waals surface area contributed by atoms with Gasteiger partial charge in [-0.3, -0.25) is 0 Å². The van der Waals surface area contributed by atoms with Crippen LogP contribution in [-0.4, -0.2) is 8.80 Å². The molecule has 0 aromatic rings. The topological polar surface area (TPSA) is 0 Å². The maximum Gasteiger partial charge on any atom is 1.00 e. The van der Waals surface area contributed by atoms with Crippen LogP contribution in [0.15, 0.2) is 0 Å². The van der Waals surface area contributed by atoms with Crippen LogP contribution in [0, 0.1) is 0 Å². The first-order valence-electron chi connectivity index (χ1n) is 1.50. The Hall–Kier alpha value is 1.22. The molecule has 0 nitrogen and oxygen atoms in total. The van der Waals surface area contributed by atoms with Gasteiger partial charge < -0.3 is 1.43 Å². The van der Waals surface area contributed by atoms with Crippen molar-refractivity contribution in [2.75, 3.05) is 0 Å². The summed E-state index contributed by atoms with van der Waals surface area (Å²) in [6.07, 6.45) is 0. The summed E-state index contributed by atoms with van der Waals surface area (Å²) in [4.78, 5) is 0. The molecule has 1 radical (unpaired) electrons. The van der Waals surface area contributed by atoms with E-state index in [1.165, 1.54) is 0 Å². The molecule has 0 bridgehead atoms. The van der Waals surface area contributed by atoms with Gasteiger partial charge in [0.15, 0.2) is 0 Å². The molecule has 0 aromatic carbocycles. The van der Waals surface area contributed by atoms with Gasteiger partial charge in [-0.15, -0.1) is 0 Å². The second kappa shape index (κ2) is 5.22. The van der Waals surface area contributed by atoms with E-state index in [9.17, 15) is 0 Å². The van der Waals surface area contributed by atoms with Gasteiger partial charge in [0.05, 0.1) is 0 Å². The van der Waals surface area contributed by atoms with Gasteiger partial charge in [-0.2, -0.15) is 0 Å². The van der Waals surface area contributed by atoms with Crippen molar-refractivity contribution in [1.29, 1.82) is 0 Å². The van der Waals surface area contributed by atoms with Crippen molar-refractivity contribution < 1.29 is 31.0 Å².